The van der Waals surface area contributed by atoms with Crippen LogP contribution in [0.4, 0.5) is 0 Å². The zero-order valence-corrected chi connectivity index (χ0v) is 10.1. The van der Waals surface area contributed by atoms with Gasteiger partial charge in [0.2, 0.25) is 10.0 Å². The van der Waals surface area contributed by atoms with Crippen molar-refractivity contribution >= 4 is 16.0 Å². The molecule has 0 saturated heterocycles. The molecule has 0 aromatic rings. The smallest absolute Gasteiger partial charge is 0.310 e. The predicted molar refractivity (Wildman–Crippen MR) is 58.5 cm³/mol. The lowest BCUT2D eigenvalue weighted by molar-refractivity contribution is -0.148. The van der Waals surface area contributed by atoms with Crippen molar-refractivity contribution in [2.24, 2.45) is 5.41 Å². The molecule has 0 amide bonds. The molecule has 16 heavy (non-hydrogen) atoms. The summed E-state index contributed by atoms with van der Waals surface area (Å²) in [6.07, 6.45) is 3.33. The fraction of sp³-hybridized carbons (Fsp3) is 0.900. The van der Waals surface area contributed by atoms with Gasteiger partial charge in [-0.2, -0.15) is 0 Å². The minimum atomic E-state index is -3.29. The largest absolute Gasteiger partial charge is 0.481 e. The molecule has 0 radical (unpaired) electrons. The van der Waals surface area contributed by atoms with Crippen LogP contribution in [0.25, 0.3) is 0 Å². The first kappa shape index (κ1) is 11.9. The lowest BCUT2D eigenvalue weighted by Crippen LogP contribution is -2.47. The summed E-state index contributed by atoms with van der Waals surface area (Å²) in [5.74, 6) is -0.909. The summed E-state index contributed by atoms with van der Waals surface area (Å²) in [7, 11) is -3.29. The Kier molecular flexibility index (Phi) is 2.74. The van der Waals surface area contributed by atoms with E-state index in [0.29, 0.717) is 25.7 Å². The van der Waals surface area contributed by atoms with Crippen LogP contribution in [0.3, 0.4) is 0 Å². The topological polar surface area (TPSA) is 83.5 Å². The molecule has 0 bridgehead atoms. The molecule has 0 heterocycles. The standard InChI is InChI=1S/C10H17NO4S/c1-10(9(12)13)6-2-3-8(10)11-16(14,15)7-4-5-7/h7-8,11H,2-6H2,1H3,(H,12,13). The van der Waals surface area contributed by atoms with Gasteiger partial charge in [0.05, 0.1) is 10.7 Å². The van der Waals surface area contributed by atoms with Crippen molar-refractivity contribution in [3.63, 3.8) is 0 Å². The number of carboxylic acid groups (broad SMARTS) is 1. The lowest BCUT2D eigenvalue weighted by Gasteiger charge is -2.27. The quantitative estimate of drug-likeness (QED) is 0.766. The second-order valence-electron chi connectivity index (χ2n) is 5.03. The first-order valence-corrected chi connectivity index (χ1v) is 7.15. The van der Waals surface area contributed by atoms with Crippen LogP contribution < -0.4 is 4.72 Å². The zero-order chi connectivity index (χ0) is 12.0. The van der Waals surface area contributed by atoms with Gasteiger partial charge >= 0.3 is 5.97 Å². The minimum absolute atomic E-state index is 0.286. The Labute approximate surface area is 95.3 Å². The summed E-state index contributed by atoms with van der Waals surface area (Å²) >= 11 is 0. The van der Waals surface area contributed by atoms with Crippen LogP contribution in [-0.4, -0.2) is 30.8 Å². The van der Waals surface area contributed by atoms with Crippen LogP contribution in [0.2, 0.25) is 0 Å². The molecule has 2 aliphatic carbocycles. The van der Waals surface area contributed by atoms with E-state index in [4.69, 9.17) is 5.11 Å². The van der Waals surface area contributed by atoms with Gasteiger partial charge in [0.1, 0.15) is 0 Å². The Morgan fingerprint density at radius 3 is 2.50 bits per heavy atom. The first-order chi connectivity index (χ1) is 7.36. The molecule has 0 aromatic heterocycles. The van der Waals surface area contributed by atoms with Crippen LogP contribution >= 0.6 is 0 Å². The third kappa shape index (κ3) is 1.96. The molecule has 2 saturated carbocycles. The Morgan fingerprint density at radius 1 is 1.38 bits per heavy atom. The van der Waals surface area contributed by atoms with Crippen molar-refractivity contribution in [3.05, 3.63) is 0 Å². The second-order valence-corrected chi connectivity index (χ2v) is 7.02. The number of nitrogens with one attached hydrogen (secondary N) is 1. The lowest BCUT2D eigenvalue weighted by atomic mass is 9.85. The van der Waals surface area contributed by atoms with Gasteiger partial charge in [0.25, 0.3) is 0 Å². The first-order valence-electron chi connectivity index (χ1n) is 5.61. The Bertz CT molecular complexity index is 401. The maximum atomic E-state index is 11.8. The highest BCUT2D eigenvalue weighted by Gasteiger charge is 2.48. The summed E-state index contributed by atoms with van der Waals surface area (Å²) in [5, 5.41) is 8.87. The summed E-state index contributed by atoms with van der Waals surface area (Å²) < 4.78 is 26.1. The molecular weight excluding hydrogens is 230 g/mol. The van der Waals surface area contributed by atoms with E-state index >= 15 is 0 Å². The van der Waals surface area contributed by atoms with E-state index < -0.39 is 27.4 Å². The Hall–Kier alpha value is -0.620. The van der Waals surface area contributed by atoms with Gasteiger partial charge in [-0.05, 0) is 32.6 Å². The molecule has 2 aliphatic rings. The van der Waals surface area contributed by atoms with Crippen molar-refractivity contribution in [1.29, 1.82) is 0 Å². The van der Waals surface area contributed by atoms with E-state index in [-0.39, 0.29) is 5.25 Å². The Morgan fingerprint density at radius 2 is 2.00 bits per heavy atom. The van der Waals surface area contributed by atoms with E-state index in [1.165, 1.54) is 0 Å². The fourth-order valence-electron chi connectivity index (χ4n) is 2.28. The molecule has 2 fully saturated rings. The highest BCUT2D eigenvalue weighted by atomic mass is 32.2. The zero-order valence-electron chi connectivity index (χ0n) is 9.27. The number of sulfonamides is 1. The molecule has 0 aromatic carbocycles. The number of hydrogen-bond donors (Lipinski definition) is 2. The van der Waals surface area contributed by atoms with Crippen molar-refractivity contribution in [3.8, 4) is 0 Å². The molecule has 2 N–H and O–H groups in total. The highest BCUT2D eigenvalue weighted by Crippen LogP contribution is 2.39. The van der Waals surface area contributed by atoms with Crippen LogP contribution in [0.1, 0.15) is 39.0 Å². The number of carbonyl (C=O) groups is 1. The molecule has 0 aliphatic heterocycles. The van der Waals surface area contributed by atoms with E-state index in [1.807, 2.05) is 0 Å². The third-order valence-corrected chi connectivity index (χ3v) is 5.68. The number of carboxylic acids is 1. The summed E-state index contributed by atoms with van der Waals surface area (Å²) in [6, 6.07) is -0.449. The van der Waals surface area contributed by atoms with E-state index in [9.17, 15) is 13.2 Å². The van der Waals surface area contributed by atoms with Gasteiger partial charge in [0, 0.05) is 6.04 Å². The van der Waals surface area contributed by atoms with Crippen LogP contribution in [-0.2, 0) is 14.8 Å². The molecular formula is C10H17NO4S. The van der Waals surface area contributed by atoms with E-state index in [1.54, 1.807) is 6.92 Å². The van der Waals surface area contributed by atoms with Crippen molar-refractivity contribution < 1.29 is 18.3 Å². The summed E-state index contributed by atoms with van der Waals surface area (Å²) in [6.45, 7) is 1.63. The maximum absolute atomic E-state index is 11.8. The molecule has 6 heteroatoms. The molecule has 92 valence electrons. The van der Waals surface area contributed by atoms with Gasteiger partial charge in [-0.3, -0.25) is 4.79 Å². The summed E-state index contributed by atoms with van der Waals surface area (Å²) in [4.78, 5) is 11.2. The van der Waals surface area contributed by atoms with Gasteiger partial charge in [-0.25, -0.2) is 13.1 Å². The Balaban J connectivity index is 2.12. The van der Waals surface area contributed by atoms with Gasteiger partial charge < -0.3 is 5.11 Å². The monoisotopic (exact) mass is 247 g/mol. The van der Waals surface area contributed by atoms with Crippen LogP contribution in [0.5, 0.6) is 0 Å². The highest BCUT2D eigenvalue weighted by molar-refractivity contribution is 7.90. The molecule has 0 spiro atoms. The fourth-order valence-corrected chi connectivity index (χ4v) is 4.01. The van der Waals surface area contributed by atoms with Crippen molar-refractivity contribution in [2.75, 3.05) is 0 Å². The number of rotatable bonds is 4. The second kappa shape index (κ2) is 3.70. The van der Waals surface area contributed by atoms with E-state index in [2.05, 4.69) is 4.72 Å². The SMILES string of the molecule is CC1(C(=O)O)CCCC1NS(=O)(=O)C1CC1. The normalized spacial score (nSPS) is 35.2. The predicted octanol–water partition coefficient (Wildman–Crippen LogP) is 0.712. The molecule has 2 atom stereocenters. The molecule has 2 unspecified atom stereocenters. The van der Waals surface area contributed by atoms with Crippen LogP contribution in [0, 0.1) is 5.41 Å². The summed E-state index contributed by atoms with van der Waals surface area (Å²) in [5.41, 5.74) is -0.943. The van der Waals surface area contributed by atoms with Crippen molar-refractivity contribution in [1.82, 2.24) is 4.72 Å². The van der Waals surface area contributed by atoms with Crippen LogP contribution in [0.15, 0.2) is 0 Å². The minimum Gasteiger partial charge on any atom is -0.481 e. The van der Waals surface area contributed by atoms with Gasteiger partial charge in [-0.15, -0.1) is 0 Å². The molecule has 5 nitrogen and oxygen atoms in total. The number of aliphatic carboxylic acids is 1. The maximum Gasteiger partial charge on any atom is 0.310 e. The van der Waals surface area contributed by atoms with Gasteiger partial charge in [-0.1, -0.05) is 6.42 Å². The van der Waals surface area contributed by atoms with Gasteiger partial charge in [0.15, 0.2) is 0 Å². The number of hydrogen-bond acceptors (Lipinski definition) is 3. The van der Waals surface area contributed by atoms with Crippen molar-refractivity contribution in [2.45, 2.75) is 50.3 Å². The van der Waals surface area contributed by atoms with E-state index in [0.717, 1.165) is 6.42 Å². The average Bonchev–Trinajstić information content (AvgIpc) is 2.94. The molecule has 2 rings (SSSR count). The third-order valence-electron chi connectivity index (χ3n) is 3.72. The average molecular weight is 247 g/mol.